The summed E-state index contributed by atoms with van der Waals surface area (Å²) in [5, 5.41) is 9.08. The first-order chi connectivity index (χ1) is 17.4. The molecule has 2 aliphatic heterocycles. The third kappa shape index (κ3) is 5.66. The van der Waals surface area contributed by atoms with E-state index in [1.165, 1.54) is 0 Å². The Bertz CT molecular complexity index is 1270. The highest BCUT2D eigenvalue weighted by molar-refractivity contribution is 8.18. The lowest BCUT2D eigenvalue weighted by atomic mass is 10.1. The first-order valence-electron chi connectivity index (χ1n) is 11.5. The molecule has 36 heavy (non-hydrogen) atoms. The van der Waals surface area contributed by atoms with E-state index >= 15 is 0 Å². The first kappa shape index (κ1) is 25.6. The quantitative estimate of drug-likeness (QED) is 0.454. The SMILES string of the molecule is CCOc1cc(/C=C2/SC(=O)N(CC(=O)N3CCCC3)C2=O)cc(Cl)c1OCc1ccccc1C#N. The summed E-state index contributed by atoms with van der Waals surface area (Å²) in [5.74, 6) is -0.0564. The number of rotatable bonds is 8. The highest BCUT2D eigenvalue weighted by Crippen LogP contribution is 2.39. The predicted octanol–water partition coefficient (Wildman–Crippen LogP) is 4.85. The summed E-state index contributed by atoms with van der Waals surface area (Å²) >= 11 is 7.30. The number of ether oxygens (including phenoxy) is 2. The van der Waals surface area contributed by atoms with Crippen molar-refractivity contribution in [2.45, 2.75) is 26.4 Å². The molecule has 0 bridgehead atoms. The maximum absolute atomic E-state index is 12.9. The lowest BCUT2D eigenvalue weighted by Gasteiger charge is -2.18. The molecule has 0 aliphatic carbocycles. The number of imide groups is 1. The molecule has 2 saturated heterocycles. The van der Waals surface area contributed by atoms with Gasteiger partial charge in [0.1, 0.15) is 13.2 Å². The van der Waals surface area contributed by atoms with E-state index in [2.05, 4.69) is 6.07 Å². The summed E-state index contributed by atoms with van der Waals surface area (Å²) in [7, 11) is 0. The van der Waals surface area contributed by atoms with Gasteiger partial charge in [0.2, 0.25) is 5.91 Å². The van der Waals surface area contributed by atoms with Crippen LogP contribution >= 0.6 is 23.4 Å². The molecule has 0 unspecified atom stereocenters. The van der Waals surface area contributed by atoms with Crippen molar-refractivity contribution < 1.29 is 23.9 Å². The molecule has 2 aliphatic rings. The summed E-state index contributed by atoms with van der Waals surface area (Å²) in [4.78, 5) is 40.6. The summed E-state index contributed by atoms with van der Waals surface area (Å²) < 4.78 is 11.6. The molecule has 0 radical (unpaired) electrons. The molecule has 2 aromatic carbocycles. The number of hydrogen-bond donors (Lipinski definition) is 0. The maximum Gasteiger partial charge on any atom is 0.294 e. The van der Waals surface area contributed by atoms with Crippen LogP contribution in [0.15, 0.2) is 41.3 Å². The Morgan fingerprint density at radius 1 is 1.19 bits per heavy atom. The van der Waals surface area contributed by atoms with E-state index in [0.29, 0.717) is 47.9 Å². The van der Waals surface area contributed by atoms with E-state index in [1.54, 1.807) is 41.3 Å². The first-order valence-corrected chi connectivity index (χ1v) is 12.7. The van der Waals surface area contributed by atoms with E-state index in [4.69, 9.17) is 21.1 Å². The van der Waals surface area contributed by atoms with Gasteiger partial charge in [0.25, 0.3) is 11.1 Å². The minimum Gasteiger partial charge on any atom is -0.490 e. The number of amides is 3. The van der Waals surface area contributed by atoms with Crippen LogP contribution < -0.4 is 9.47 Å². The second-order valence-electron chi connectivity index (χ2n) is 8.18. The van der Waals surface area contributed by atoms with Crippen molar-refractivity contribution >= 4 is 46.5 Å². The number of thioether (sulfide) groups is 1. The second-order valence-corrected chi connectivity index (χ2v) is 9.58. The lowest BCUT2D eigenvalue weighted by Crippen LogP contribution is -2.40. The zero-order valence-corrected chi connectivity index (χ0v) is 21.2. The van der Waals surface area contributed by atoms with Gasteiger partial charge in [0.15, 0.2) is 11.5 Å². The van der Waals surface area contributed by atoms with Gasteiger partial charge in [-0.25, -0.2) is 0 Å². The molecule has 10 heteroatoms. The Balaban J connectivity index is 1.53. The summed E-state index contributed by atoms with van der Waals surface area (Å²) in [6, 6.07) is 12.5. The van der Waals surface area contributed by atoms with Crippen molar-refractivity contribution in [3.63, 3.8) is 0 Å². The predicted molar refractivity (Wildman–Crippen MR) is 137 cm³/mol. The van der Waals surface area contributed by atoms with Gasteiger partial charge in [-0.15, -0.1) is 0 Å². The average molecular weight is 526 g/mol. The van der Waals surface area contributed by atoms with Crippen LogP contribution in [0.5, 0.6) is 11.5 Å². The molecule has 0 N–H and O–H groups in total. The highest BCUT2D eigenvalue weighted by atomic mass is 35.5. The molecule has 0 saturated carbocycles. The molecule has 0 spiro atoms. The molecular formula is C26H24ClN3O5S. The van der Waals surface area contributed by atoms with Crippen LogP contribution in [-0.2, 0) is 16.2 Å². The molecule has 0 aromatic heterocycles. The van der Waals surface area contributed by atoms with Gasteiger partial charge in [-0.3, -0.25) is 19.3 Å². The number of likely N-dealkylation sites (tertiary alicyclic amines) is 1. The van der Waals surface area contributed by atoms with Gasteiger partial charge < -0.3 is 14.4 Å². The fourth-order valence-corrected chi connectivity index (χ4v) is 5.08. The topological polar surface area (TPSA) is 99.9 Å². The standard InChI is InChI=1S/C26H24ClN3O5S/c1-2-34-21-12-17(11-20(27)24(21)35-16-19-8-4-3-7-18(19)14-28)13-22-25(32)30(26(33)36-22)15-23(31)29-9-5-6-10-29/h3-4,7-8,11-13H,2,5-6,9-10,15-16H2,1H3/b22-13+. The monoisotopic (exact) mass is 525 g/mol. The number of halogens is 1. The molecule has 2 heterocycles. The summed E-state index contributed by atoms with van der Waals surface area (Å²) in [5.41, 5.74) is 1.76. The van der Waals surface area contributed by atoms with Crippen molar-refractivity contribution in [3.05, 3.63) is 63.0 Å². The maximum atomic E-state index is 12.9. The number of nitrogens with zero attached hydrogens (tertiary/aromatic N) is 3. The van der Waals surface area contributed by atoms with Crippen LogP contribution in [-0.4, -0.2) is 53.1 Å². The number of nitriles is 1. The van der Waals surface area contributed by atoms with Crippen LogP contribution in [0.3, 0.4) is 0 Å². The molecule has 2 fully saturated rings. The number of hydrogen-bond acceptors (Lipinski definition) is 7. The normalized spacial score (nSPS) is 16.5. The van der Waals surface area contributed by atoms with Crippen LogP contribution in [0.25, 0.3) is 6.08 Å². The third-order valence-corrected chi connectivity index (χ3v) is 6.95. The molecule has 4 rings (SSSR count). The fraction of sp³-hybridized carbons (Fsp3) is 0.308. The van der Waals surface area contributed by atoms with Crippen molar-refractivity contribution in [3.8, 4) is 17.6 Å². The molecule has 3 amide bonds. The lowest BCUT2D eigenvalue weighted by molar-refractivity contribution is -0.135. The molecule has 0 atom stereocenters. The van der Waals surface area contributed by atoms with Gasteiger partial charge in [-0.2, -0.15) is 5.26 Å². The summed E-state index contributed by atoms with van der Waals surface area (Å²) in [6.07, 6.45) is 3.41. The Labute approximate surface area is 218 Å². The van der Waals surface area contributed by atoms with Crippen LogP contribution in [0.4, 0.5) is 4.79 Å². The van der Waals surface area contributed by atoms with Gasteiger partial charge in [0.05, 0.1) is 28.2 Å². The molecule has 186 valence electrons. The van der Waals surface area contributed by atoms with E-state index in [9.17, 15) is 19.6 Å². The Hall–Kier alpha value is -3.48. The zero-order valence-electron chi connectivity index (χ0n) is 19.7. The largest absolute Gasteiger partial charge is 0.490 e. The van der Waals surface area contributed by atoms with E-state index < -0.39 is 11.1 Å². The molecule has 2 aromatic rings. The van der Waals surface area contributed by atoms with E-state index in [-0.39, 0.29) is 29.0 Å². The van der Waals surface area contributed by atoms with Gasteiger partial charge in [-0.05, 0) is 61.4 Å². The Morgan fingerprint density at radius 2 is 1.94 bits per heavy atom. The van der Waals surface area contributed by atoms with Crippen LogP contribution in [0, 0.1) is 11.3 Å². The zero-order chi connectivity index (χ0) is 25.7. The molecule has 8 nitrogen and oxygen atoms in total. The van der Waals surface area contributed by atoms with Crippen molar-refractivity contribution in [2.75, 3.05) is 26.2 Å². The smallest absolute Gasteiger partial charge is 0.294 e. The van der Waals surface area contributed by atoms with Gasteiger partial charge in [0, 0.05) is 18.7 Å². The average Bonchev–Trinajstić information content (AvgIpc) is 3.49. The van der Waals surface area contributed by atoms with E-state index in [0.717, 1.165) is 29.5 Å². The van der Waals surface area contributed by atoms with Crippen LogP contribution in [0.1, 0.15) is 36.5 Å². The minimum absolute atomic E-state index is 0.118. The second kappa shape index (κ2) is 11.5. The fourth-order valence-electron chi connectivity index (χ4n) is 3.97. The number of carbonyl (C=O) groups excluding carboxylic acids is 3. The molecular weight excluding hydrogens is 502 g/mol. The highest BCUT2D eigenvalue weighted by Gasteiger charge is 2.37. The Kier molecular flexibility index (Phi) is 8.18. The van der Waals surface area contributed by atoms with Crippen LogP contribution in [0.2, 0.25) is 5.02 Å². The third-order valence-electron chi connectivity index (χ3n) is 5.77. The minimum atomic E-state index is -0.514. The number of benzene rings is 2. The van der Waals surface area contributed by atoms with Crippen molar-refractivity contribution in [1.29, 1.82) is 5.26 Å². The summed E-state index contributed by atoms with van der Waals surface area (Å²) in [6.45, 7) is 3.33. The van der Waals surface area contributed by atoms with Crippen molar-refractivity contribution in [2.24, 2.45) is 0 Å². The van der Waals surface area contributed by atoms with Gasteiger partial charge in [-0.1, -0.05) is 29.8 Å². The van der Waals surface area contributed by atoms with Gasteiger partial charge >= 0.3 is 0 Å². The number of carbonyl (C=O) groups is 3. The Morgan fingerprint density at radius 3 is 2.67 bits per heavy atom. The van der Waals surface area contributed by atoms with Crippen molar-refractivity contribution in [1.82, 2.24) is 9.80 Å². The van der Waals surface area contributed by atoms with E-state index in [1.807, 2.05) is 13.0 Å².